The van der Waals surface area contributed by atoms with Crippen LogP contribution in [0.3, 0.4) is 0 Å². The third kappa shape index (κ3) is 3.35. The van der Waals surface area contributed by atoms with E-state index < -0.39 is 5.97 Å². The Kier molecular flexibility index (Phi) is 3.26. The number of rotatable bonds is 5. The van der Waals surface area contributed by atoms with E-state index in [1.165, 1.54) is 0 Å². The lowest BCUT2D eigenvalue weighted by Gasteiger charge is -2.12. The number of hydrogen-bond acceptors (Lipinski definition) is 3. The van der Waals surface area contributed by atoms with Crippen LogP contribution in [-0.4, -0.2) is 29.9 Å². The molecule has 1 heterocycles. The molecule has 1 aromatic carbocycles. The summed E-state index contributed by atoms with van der Waals surface area (Å²) in [5.41, 5.74) is 0.356. The molecule has 1 aliphatic heterocycles. The molecule has 0 aliphatic carbocycles. The van der Waals surface area contributed by atoms with E-state index in [1.807, 2.05) is 6.92 Å². The van der Waals surface area contributed by atoms with Gasteiger partial charge in [-0.25, -0.2) is 0 Å². The van der Waals surface area contributed by atoms with E-state index in [4.69, 9.17) is 26.2 Å². The van der Waals surface area contributed by atoms with Crippen molar-refractivity contribution in [1.82, 2.24) is 0 Å². The van der Waals surface area contributed by atoms with Crippen molar-refractivity contribution in [3.05, 3.63) is 28.8 Å². The van der Waals surface area contributed by atoms with Crippen LogP contribution in [0, 0.1) is 0 Å². The predicted molar refractivity (Wildman–Crippen MR) is 62.6 cm³/mol. The van der Waals surface area contributed by atoms with Gasteiger partial charge >= 0.3 is 5.97 Å². The molecule has 0 spiro atoms. The Hall–Kier alpha value is -1.26. The largest absolute Gasteiger partial charge is 0.490 e. The Morgan fingerprint density at radius 2 is 2.35 bits per heavy atom. The summed E-state index contributed by atoms with van der Waals surface area (Å²) in [6.45, 7) is 3.04. The first-order chi connectivity index (χ1) is 7.98. The van der Waals surface area contributed by atoms with Crippen LogP contribution in [0.5, 0.6) is 5.75 Å². The standard InChI is InChI=1S/C12H13ClO4/c1-12(7-17-12)6-16-10-3-2-9(13)4-8(10)5-11(14)15/h2-4H,5-7H2,1H3,(H,14,15)/t12-/m0/s1. The quantitative estimate of drug-likeness (QED) is 0.820. The molecule has 4 nitrogen and oxygen atoms in total. The lowest BCUT2D eigenvalue weighted by atomic mass is 10.1. The fourth-order valence-corrected chi connectivity index (χ4v) is 1.62. The highest BCUT2D eigenvalue weighted by Crippen LogP contribution is 2.29. The minimum absolute atomic E-state index is 0.104. The van der Waals surface area contributed by atoms with Crippen molar-refractivity contribution in [1.29, 1.82) is 0 Å². The number of carboxylic acids is 1. The molecule has 5 heteroatoms. The SMILES string of the molecule is C[C@]1(COc2ccc(Cl)cc2CC(=O)O)CO1. The minimum atomic E-state index is -0.911. The van der Waals surface area contributed by atoms with Crippen molar-refractivity contribution < 1.29 is 19.4 Å². The monoisotopic (exact) mass is 256 g/mol. The lowest BCUT2D eigenvalue weighted by Crippen LogP contribution is -2.17. The van der Waals surface area contributed by atoms with Crippen LogP contribution >= 0.6 is 11.6 Å². The fourth-order valence-electron chi connectivity index (χ4n) is 1.43. The van der Waals surface area contributed by atoms with Gasteiger partial charge in [-0.3, -0.25) is 4.79 Å². The van der Waals surface area contributed by atoms with Crippen LogP contribution in [-0.2, 0) is 16.0 Å². The molecule has 1 atom stereocenters. The Morgan fingerprint density at radius 3 is 2.94 bits per heavy atom. The second-order valence-corrected chi connectivity index (χ2v) is 4.79. The van der Waals surface area contributed by atoms with Crippen molar-refractivity contribution in [2.24, 2.45) is 0 Å². The summed E-state index contributed by atoms with van der Waals surface area (Å²) in [4.78, 5) is 10.7. The Labute approximate surface area is 104 Å². The number of aliphatic carboxylic acids is 1. The first-order valence-corrected chi connectivity index (χ1v) is 5.63. The summed E-state index contributed by atoms with van der Waals surface area (Å²) < 4.78 is 10.8. The Balaban J connectivity index is 2.10. The molecule has 17 heavy (non-hydrogen) atoms. The average molecular weight is 257 g/mol. The minimum Gasteiger partial charge on any atom is -0.490 e. The summed E-state index contributed by atoms with van der Waals surface area (Å²) in [6.07, 6.45) is -0.104. The second kappa shape index (κ2) is 4.55. The van der Waals surface area contributed by atoms with Gasteiger partial charge in [0.2, 0.25) is 0 Å². The topological polar surface area (TPSA) is 59.1 Å². The van der Waals surface area contributed by atoms with Gasteiger partial charge in [-0.05, 0) is 25.1 Å². The molecule has 1 aromatic rings. The van der Waals surface area contributed by atoms with Gasteiger partial charge in [0.15, 0.2) is 0 Å². The number of halogens is 1. The zero-order valence-corrected chi connectivity index (χ0v) is 10.2. The van der Waals surface area contributed by atoms with E-state index >= 15 is 0 Å². The lowest BCUT2D eigenvalue weighted by molar-refractivity contribution is -0.136. The van der Waals surface area contributed by atoms with Crippen LogP contribution in [0.1, 0.15) is 12.5 Å². The summed E-state index contributed by atoms with van der Waals surface area (Å²) in [5, 5.41) is 9.30. The fraction of sp³-hybridized carbons (Fsp3) is 0.417. The highest BCUT2D eigenvalue weighted by Gasteiger charge is 2.40. The van der Waals surface area contributed by atoms with E-state index in [1.54, 1.807) is 18.2 Å². The number of ether oxygens (including phenoxy) is 2. The van der Waals surface area contributed by atoms with E-state index in [-0.39, 0.29) is 12.0 Å². The maximum atomic E-state index is 10.7. The number of hydrogen-bond donors (Lipinski definition) is 1. The van der Waals surface area contributed by atoms with Crippen LogP contribution in [0.25, 0.3) is 0 Å². The van der Waals surface area contributed by atoms with Gasteiger partial charge in [-0.2, -0.15) is 0 Å². The molecule has 1 aliphatic rings. The molecular formula is C12H13ClO4. The van der Waals surface area contributed by atoms with Crippen LogP contribution in [0.4, 0.5) is 0 Å². The predicted octanol–water partition coefficient (Wildman–Crippen LogP) is 2.13. The molecule has 0 saturated carbocycles. The Bertz CT molecular complexity index is 440. The van der Waals surface area contributed by atoms with Gasteiger partial charge in [0.05, 0.1) is 13.0 Å². The number of carbonyl (C=O) groups is 1. The third-order valence-corrected chi connectivity index (χ3v) is 2.77. The highest BCUT2D eigenvalue weighted by molar-refractivity contribution is 6.30. The summed E-state index contributed by atoms with van der Waals surface area (Å²) >= 11 is 5.83. The molecular weight excluding hydrogens is 244 g/mol. The maximum absolute atomic E-state index is 10.7. The smallest absolute Gasteiger partial charge is 0.307 e. The number of benzene rings is 1. The molecule has 0 unspecified atom stereocenters. The first-order valence-electron chi connectivity index (χ1n) is 5.25. The molecule has 0 bridgehead atoms. The molecule has 0 radical (unpaired) electrons. The van der Waals surface area contributed by atoms with Crippen LogP contribution in [0.2, 0.25) is 5.02 Å². The zero-order valence-electron chi connectivity index (χ0n) is 9.40. The second-order valence-electron chi connectivity index (χ2n) is 4.35. The van der Waals surface area contributed by atoms with Gasteiger partial charge in [0, 0.05) is 10.6 Å². The Morgan fingerprint density at radius 1 is 1.65 bits per heavy atom. The van der Waals surface area contributed by atoms with Gasteiger partial charge in [0.1, 0.15) is 18.0 Å². The molecule has 1 fully saturated rings. The molecule has 0 aromatic heterocycles. The summed E-state index contributed by atoms with van der Waals surface area (Å²) in [5.74, 6) is -0.362. The molecule has 1 saturated heterocycles. The van der Waals surface area contributed by atoms with Gasteiger partial charge in [-0.15, -0.1) is 0 Å². The van der Waals surface area contributed by atoms with Crippen molar-refractivity contribution in [2.45, 2.75) is 18.9 Å². The van der Waals surface area contributed by atoms with Gasteiger partial charge in [0.25, 0.3) is 0 Å². The number of carboxylic acid groups (broad SMARTS) is 1. The molecule has 2 rings (SSSR count). The van der Waals surface area contributed by atoms with E-state index in [2.05, 4.69) is 0 Å². The highest BCUT2D eigenvalue weighted by atomic mass is 35.5. The summed E-state index contributed by atoms with van der Waals surface area (Å²) in [7, 11) is 0. The number of epoxide rings is 1. The third-order valence-electron chi connectivity index (χ3n) is 2.53. The van der Waals surface area contributed by atoms with Crippen LogP contribution < -0.4 is 4.74 Å². The molecule has 1 N–H and O–H groups in total. The van der Waals surface area contributed by atoms with Crippen LogP contribution in [0.15, 0.2) is 18.2 Å². The normalized spacial score (nSPS) is 22.2. The molecule has 0 amide bonds. The van der Waals surface area contributed by atoms with E-state index in [0.29, 0.717) is 29.5 Å². The van der Waals surface area contributed by atoms with Crippen molar-refractivity contribution in [3.63, 3.8) is 0 Å². The van der Waals surface area contributed by atoms with Crippen molar-refractivity contribution in [3.8, 4) is 5.75 Å². The zero-order chi connectivity index (χ0) is 12.5. The molecule has 92 valence electrons. The summed E-state index contributed by atoms with van der Waals surface area (Å²) in [6, 6.07) is 4.98. The van der Waals surface area contributed by atoms with E-state index in [0.717, 1.165) is 0 Å². The van der Waals surface area contributed by atoms with E-state index in [9.17, 15) is 4.79 Å². The van der Waals surface area contributed by atoms with Crippen molar-refractivity contribution >= 4 is 17.6 Å². The van der Waals surface area contributed by atoms with Crippen molar-refractivity contribution in [2.75, 3.05) is 13.2 Å². The van der Waals surface area contributed by atoms with Gasteiger partial charge in [-0.1, -0.05) is 11.6 Å². The van der Waals surface area contributed by atoms with Gasteiger partial charge < -0.3 is 14.6 Å². The first kappa shape index (κ1) is 12.2. The maximum Gasteiger partial charge on any atom is 0.307 e. The average Bonchev–Trinajstić information content (AvgIpc) is 2.95.